The van der Waals surface area contributed by atoms with Gasteiger partial charge < -0.3 is 10.2 Å². The molecule has 1 heterocycles. The third-order valence-electron chi connectivity index (χ3n) is 4.19. The maximum atomic E-state index is 12.2. The molecule has 0 bridgehead atoms. The van der Waals surface area contributed by atoms with Gasteiger partial charge in [-0.3, -0.25) is 4.79 Å². The Morgan fingerprint density at radius 3 is 2.73 bits per heavy atom. The minimum Gasteiger partial charge on any atom is -0.337 e. The van der Waals surface area contributed by atoms with Crippen LogP contribution in [-0.2, 0) is 14.6 Å². The van der Waals surface area contributed by atoms with E-state index in [2.05, 4.69) is 0 Å². The summed E-state index contributed by atoms with van der Waals surface area (Å²) in [5, 5.41) is 2.61. The number of hydrogen-bond acceptors (Lipinski definition) is 3. The molecule has 0 aromatic heterocycles. The molecular weight excluding hydrogens is 324 g/mol. The number of sulfone groups is 1. The Morgan fingerprint density at radius 2 is 2.14 bits per heavy atom. The molecule has 0 aliphatic carbocycles. The van der Waals surface area contributed by atoms with Gasteiger partial charge in [-0.25, -0.2) is 8.42 Å². The van der Waals surface area contributed by atoms with Gasteiger partial charge in [-0.05, 0) is 19.4 Å². The average molecular weight is 346 g/mol. The topological polar surface area (TPSA) is 71.1 Å². The molecule has 1 aromatic carbocycles. The number of carbonyl (C=O) groups is 1. The zero-order valence-corrected chi connectivity index (χ0v) is 14.4. The molecule has 1 saturated heterocycles. The second-order valence-electron chi connectivity index (χ2n) is 5.81. The molecule has 0 radical (unpaired) electrons. The van der Waals surface area contributed by atoms with Crippen molar-refractivity contribution in [2.24, 2.45) is 0 Å². The predicted octanol–water partition coefficient (Wildman–Crippen LogP) is 0.610. The van der Waals surface area contributed by atoms with Crippen LogP contribution in [0.2, 0.25) is 5.02 Å². The number of nitrogens with zero attached hydrogens (tertiary/aromatic N) is 1. The molecule has 1 aliphatic heterocycles. The van der Waals surface area contributed by atoms with E-state index in [1.165, 1.54) is 0 Å². The van der Waals surface area contributed by atoms with Crippen LogP contribution in [0.5, 0.6) is 0 Å². The van der Waals surface area contributed by atoms with Crippen LogP contribution in [0.3, 0.4) is 0 Å². The summed E-state index contributed by atoms with van der Waals surface area (Å²) in [6.45, 7) is 2.27. The van der Waals surface area contributed by atoms with Crippen LogP contribution < -0.4 is 5.32 Å². The van der Waals surface area contributed by atoms with Crippen molar-refractivity contribution < 1.29 is 18.5 Å². The van der Waals surface area contributed by atoms with E-state index >= 15 is 0 Å². The summed E-state index contributed by atoms with van der Waals surface area (Å²) in [6, 6.07) is 7.45. The second-order valence-corrected chi connectivity index (χ2v) is 8.45. The van der Waals surface area contributed by atoms with E-state index in [-0.39, 0.29) is 36.0 Å². The molecule has 2 atom stereocenters. The van der Waals surface area contributed by atoms with Crippen LogP contribution in [0.25, 0.3) is 0 Å². The molecule has 1 aromatic rings. The Kier molecular flexibility index (Phi) is 5.47. The lowest BCUT2D eigenvalue weighted by molar-refractivity contribution is -0.683. The van der Waals surface area contributed by atoms with Gasteiger partial charge in [0.15, 0.2) is 16.4 Å². The minimum absolute atomic E-state index is 0.0546. The van der Waals surface area contributed by atoms with Crippen molar-refractivity contribution in [3.63, 3.8) is 0 Å². The van der Waals surface area contributed by atoms with Crippen molar-refractivity contribution in [1.82, 2.24) is 4.90 Å². The highest BCUT2D eigenvalue weighted by Crippen LogP contribution is 2.19. The molecule has 7 heteroatoms. The lowest BCUT2D eigenvalue weighted by atomic mass is 10.1. The fourth-order valence-corrected chi connectivity index (χ4v) is 4.76. The Morgan fingerprint density at radius 1 is 1.45 bits per heavy atom. The lowest BCUT2D eigenvalue weighted by Crippen LogP contribution is -2.87. The van der Waals surface area contributed by atoms with Crippen LogP contribution in [0.15, 0.2) is 24.3 Å². The molecule has 5 nitrogen and oxygen atoms in total. The predicted molar refractivity (Wildman–Crippen MR) is 86.5 cm³/mol. The first-order valence-electron chi connectivity index (χ1n) is 7.34. The van der Waals surface area contributed by atoms with E-state index < -0.39 is 9.84 Å². The van der Waals surface area contributed by atoms with Crippen LogP contribution >= 0.6 is 11.6 Å². The summed E-state index contributed by atoms with van der Waals surface area (Å²) >= 11 is 6.15. The summed E-state index contributed by atoms with van der Waals surface area (Å²) in [7, 11) is -1.29. The summed E-state index contributed by atoms with van der Waals surface area (Å²) in [6.07, 6.45) is 0.532. The van der Waals surface area contributed by atoms with Crippen LogP contribution in [0.1, 0.15) is 24.9 Å². The molecule has 0 saturated carbocycles. The third-order valence-corrected chi connectivity index (χ3v) is 6.29. The summed E-state index contributed by atoms with van der Waals surface area (Å²) in [5.74, 6) is 0.200. The van der Waals surface area contributed by atoms with Gasteiger partial charge in [-0.1, -0.05) is 29.8 Å². The first kappa shape index (κ1) is 17.2. The lowest BCUT2D eigenvalue weighted by Gasteiger charge is -2.23. The zero-order chi connectivity index (χ0) is 16.3. The number of halogens is 1. The SMILES string of the molecule is C[C@H]([NH2+]CC(=O)N(C)[C@@H]1CCS(=O)(=O)C1)c1ccccc1Cl. The van der Waals surface area contributed by atoms with Crippen molar-refractivity contribution in [2.75, 3.05) is 25.1 Å². The molecule has 122 valence electrons. The molecule has 0 unspecified atom stereocenters. The van der Waals surface area contributed by atoms with E-state index in [1.807, 2.05) is 36.5 Å². The fourth-order valence-electron chi connectivity index (χ4n) is 2.68. The van der Waals surface area contributed by atoms with E-state index in [0.717, 1.165) is 5.56 Å². The quantitative estimate of drug-likeness (QED) is 0.850. The Hall–Kier alpha value is -1.11. The fraction of sp³-hybridized carbons (Fsp3) is 0.533. The van der Waals surface area contributed by atoms with Gasteiger partial charge in [-0.15, -0.1) is 0 Å². The van der Waals surface area contributed by atoms with Gasteiger partial charge in [0, 0.05) is 23.7 Å². The number of nitrogens with two attached hydrogens (primary N) is 1. The minimum atomic E-state index is -2.98. The summed E-state index contributed by atoms with van der Waals surface area (Å²) in [5.41, 5.74) is 0.989. The first-order chi connectivity index (χ1) is 10.3. The molecule has 2 N–H and O–H groups in total. The number of quaternary nitrogens is 1. The van der Waals surface area contributed by atoms with Gasteiger partial charge >= 0.3 is 0 Å². The van der Waals surface area contributed by atoms with Crippen molar-refractivity contribution >= 4 is 27.3 Å². The molecule has 1 fully saturated rings. The van der Waals surface area contributed by atoms with Gasteiger partial charge in [0.05, 0.1) is 11.5 Å². The van der Waals surface area contributed by atoms with Gasteiger partial charge in [0.2, 0.25) is 0 Å². The molecule has 2 rings (SSSR count). The van der Waals surface area contributed by atoms with E-state index in [0.29, 0.717) is 11.4 Å². The number of carbonyl (C=O) groups excluding carboxylic acids is 1. The number of rotatable bonds is 5. The number of hydrogen-bond donors (Lipinski definition) is 1. The van der Waals surface area contributed by atoms with Gasteiger partial charge in [-0.2, -0.15) is 0 Å². The average Bonchev–Trinajstić information content (AvgIpc) is 2.84. The van der Waals surface area contributed by atoms with Crippen molar-refractivity contribution in [3.05, 3.63) is 34.9 Å². The number of benzene rings is 1. The Bertz CT molecular complexity index is 648. The normalized spacial score (nSPS) is 21.5. The maximum absolute atomic E-state index is 12.2. The van der Waals surface area contributed by atoms with E-state index in [1.54, 1.807) is 11.9 Å². The summed E-state index contributed by atoms with van der Waals surface area (Å²) in [4.78, 5) is 13.8. The highest BCUT2D eigenvalue weighted by atomic mass is 35.5. The third kappa shape index (κ3) is 4.21. The molecule has 1 amide bonds. The Balaban J connectivity index is 1.89. The van der Waals surface area contributed by atoms with Gasteiger partial charge in [0.25, 0.3) is 5.91 Å². The molecular formula is C15H22ClN2O3S+. The first-order valence-corrected chi connectivity index (χ1v) is 9.54. The highest BCUT2D eigenvalue weighted by Gasteiger charge is 2.33. The van der Waals surface area contributed by atoms with Crippen molar-refractivity contribution in [2.45, 2.75) is 25.4 Å². The second kappa shape index (κ2) is 6.98. The molecule has 1 aliphatic rings. The highest BCUT2D eigenvalue weighted by molar-refractivity contribution is 7.91. The Labute approximate surface area is 136 Å². The van der Waals surface area contributed by atoms with E-state index in [9.17, 15) is 13.2 Å². The summed E-state index contributed by atoms with van der Waals surface area (Å²) < 4.78 is 23.0. The zero-order valence-electron chi connectivity index (χ0n) is 12.8. The largest absolute Gasteiger partial charge is 0.337 e. The van der Waals surface area contributed by atoms with Gasteiger partial charge in [0.1, 0.15) is 6.04 Å². The standard InChI is InChI=1S/C15H21ClN2O3S/c1-11(13-5-3-4-6-14(13)16)17-9-15(19)18(2)12-7-8-22(20,21)10-12/h3-6,11-12,17H,7-10H2,1-2H3/p+1/t11-,12+/m0/s1. The van der Waals surface area contributed by atoms with E-state index in [4.69, 9.17) is 11.6 Å². The van der Waals surface area contributed by atoms with Crippen LogP contribution in [0.4, 0.5) is 0 Å². The molecule has 0 spiro atoms. The van der Waals surface area contributed by atoms with Crippen molar-refractivity contribution in [1.29, 1.82) is 0 Å². The van der Waals surface area contributed by atoms with Crippen LogP contribution in [-0.4, -0.2) is 50.4 Å². The molecule has 22 heavy (non-hydrogen) atoms. The number of likely N-dealkylation sites (N-methyl/N-ethyl adjacent to an activating group) is 1. The smallest absolute Gasteiger partial charge is 0.277 e. The van der Waals surface area contributed by atoms with Crippen LogP contribution in [0, 0.1) is 0 Å². The number of amides is 1. The van der Waals surface area contributed by atoms with Crippen molar-refractivity contribution in [3.8, 4) is 0 Å². The monoisotopic (exact) mass is 345 g/mol. The maximum Gasteiger partial charge on any atom is 0.277 e.